The van der Waals surface area contributed by atoms with E-state index in [1.807, 2.05) is 30.5 Å². The Balaban J connectivity index is 1.77. The standard InChI is InChI=1S/C18H20N2O2/c21-16-11-10-14-8-4-5-9-15(14)17(16)18(22)20-19-12-13-6-2-1-3-7-13/h4-5,8-13,21H,1-3,6-7H2,(H,20,22)/b19-12+. The first-order chi connectivity index (χ1) is 10.8. The van der Waals surface area contributed by atoms with Crippen LogP contribution in [0.25, 0.3) is 10.8 Å². The Morgan fingerprint density at radius 3 is 2.73 bits per heavy atom. The van der Waals surface area contributed by atoms with Crippen LogP contribution in [0.5, 0.6) is 5.75 Å². The van der Waals surface area contributed by atoms with Gasteiger partial charge in [0, 0.05) is 6.21 Å². The topological polar surface area (TPSA) is 61.7 Å². The molecular weight excluding hydrogens is 276 g/mol. The van der Waals surface area contributed by atoms with E-state index in [4.69, 9.17) is 0 Å². The third-order valence-corrected chi connectivity index (χ3v) is 4.24. The molecule has 22 heavy (non-hydrogen) atoms. The number of carbonyl (C=O) groups excluding carboxylic acids is 1. The van der Waals surface area contributed by atoms with Gasteiger partial charge < -0.3 is 5.11 Å². The van der Waals surface area contributed by atoms with Gasteiger partial charge in [0.1, 0.15) is 5.75 Å². The fourth-order valence-corrected chi connectivity index (χ4v) is 3.04. The number of rotatable bonds is 3. The van der Waals surface area contributed by atoms with Gasteiger partial charge in [0.25, 0.3) is 5.91 Å². The normalized spacial score (nSPS) is 16.2. The van der Waals surface area contributed by atoms with Gasteiger partial charge in [-0.2, -0.15) is 5.10 Å². The van der Waals surface area contributed by atoms with Gasteiger partial charge in [-0.05, 0) is 35.6 Å². The van der Waals surface area contributed by atoms with Crippen LogP contribution in [0.3, 0.4) is 0 Å². The van der Waals surface area contributed by atoms with Crippen molar-refractivity contribution in [2.45, 2.75) is 32.1 Å². The summed E-state index contributed by atoms with van der Waals surface area (Å²) in [6, 6.07) is 10.8. The van der Waals surface area contributed by atoms with Gasteiger partial charge in [-0.3, -0.25) is 4.79 Å². The van der Waals surface area contributed by atoms with Crippen molar-refractivity contribution < 1.29 is 9.90 Å². The lowest BCUT2D eigenvalue weighted by Crippen LogP contribution is -2.19. The lowest BCUT2D eigenvalue weighted by atomic mass is 9.90. The second kappa shape index (κ2) is 6.60. The van der Waals surface area contributed by atoms with Crippen LogP contribution in [0.2, 0.25) is 0 Å². The van der Waals surface area contributed by atoms with Crippen molar-refractivity contribution in [1.82, 2.24) is 5.43 Å². The predicted octanol–water partition coefficient (Wildman–Crippen LogP) is 3.84. The summed E-state index contributed by atoms with van der Waals surface area (Å²) < 4.78 is 0. The van der Waals surface area contributed by atoms with Gasteiger partial charge in [-0.15, -0.1) is 0 Å². The van der Waals surface area contributed by atoms with E-state index in [1.165, 1.54) is 19.3 Å². The lowest BCUT2D eigenvalue weighted by Gasteiger charge is -2.16. The average molecular weight is 296 g/mol. The monoisotopic (exact) mass is 296 g/mol. The van der Waals surface area contributed by atoms with E-state index in [-0.39, 0.29) is 17.2 Å². The summed E-state index contributed by atoms with van der Waals surface area (Å²) in [7, 11) is 0. The number of aromatic hydroxyl groups is 1. The van der Waals surface area contributed by atoms with Crippen molar-refractivity contribution in [3.8, 4) is 5.75 Å². The van der Waals surface area contributed by atoms with E-state index >= 15 is 0 Å². The molecule has 1 fully saturated rings. The number of hydrogen-bond acceptors (Lipinski definition) is 3. The Bertz CT molecular complexity index is 703. The first-order valence-electron chi connectivity index (χ1n) is 7.80. The number of hydrogen-bond donors (Lipinski definition) is 2. The number of phenolic OH excluding ortho intramolecular Hbond substituents is 1. The van der Waals surface area contributed by atoms with Crippen molar-refractivity contribution in [2.24, 2.45) is 11.0 Å². The second-order valence-electron chi connectivity index (χ2n) is 5.80. The molecule has 2 aromatic carbocycles. The summed E-state index contributed by atoms with van der Waals surface area (Å²) in [5, 5.41) is 15.7. The molecule has 0 radical (unpaired) electrons. The number of nitrogens with one attached hydrogen (secondary N) is 1. The van der Waals surface area contributed by atoms with Gasteiger partial charge in [-0.25, -0.2) is 5.43 Å². The summed E-state index contributed by atoms with van der Waals surface area (Å²) in [4.78, 5) is 12.3. The second-order valence-corrected chi connectivity index (χ2v) is 5.80. The zero-order valence-corrected chi connectivity index (χ0v) is 12.5. The van der Waals surface area contributed by atoms with Gasteiger partial charge in [0.05, 0.1) is 5.56 Å². The van der Waals surface area contributed by atoms with Gasteiger partial charge >= 0.3 is 0 Å². The van der Waals surface area contributed by atoms with E-state index in [9.17, 15) is 9.90 Å². The smallest absolute Gasteiger partial charge is 0.275 e. The molecule has 1 aliphatic carbocycles. The zero-order chi connectivity index (χ0) is 15.4. The fraction of sp³-hybridized carbons (Fsp3) is 0.333. The van der Waals surface area contributed by atoms with E-state index in [2.05, 4.69) is 10.5 Å². The van der Waals surface area contributed by atoms with E-state index < -0.39 is 0 Å². The molecule has 3 rings (SSSR count). The molecule has 1 saturated carbocycles. The molecule has 0 aliphatic heterocycles. The number of nitrogens with zero attached hydrogens (tertiary/aromatic N) is 1. The van der Waals surface area contributed by atoms with Crippen LogP contribution < -0.4 is 5.43 Å². The minimum absolute atomic E-state index is 0.0240. The highest BCUT2D eigenvalue weighted by Crippen LogP contribution is 2.27. The summed E-state index contributed by atoms with van der Waals surface area (Å²) in [6.45, 7) is 0. The van der Waals surface area contributed by atoms with Gasteiger partial charge in [-0.1, -0.05) is 49.6 Å². The molecule has 114 valence electrons. The molecule has 4 nitrogen and oxygen atoms in total. The number of fused-ring (bicyclic) bond motifs is 1. The molecule has 2 aromatic rings. The highest BCUT2D eigenvalue weighted by Gasteiger charge is 2.15. The Kier molecular flexibility index (Phi) is 4.37. The highest BCUT2D eigenvalue weighted by atomic mass is 16.3. The van der Waals surface area contributed by atoms with Crippen molar-refractivity contribution >= 4 is 22.9 Å². The number of amides is 1. The number of phenols is 1. The van der Waals surface area contributed by atoms with Crippen LogP contribution in [0.4, 0.5) is 0 Å². The molecule has 0 heterocycles. The summed E-state index contributed by atoms with van der Waals surface area (Å²) in [5.74, 6) is 0.0561. The molecule has 0 unspecified atom stereocenters. The Morgan fingerprint density at radius 2 is 1.91 bits per heavy atom. The van der Waals surface area contributed by atoms with Crippen LogP contribution in [-0.2, 0) is 0 Å². The summed E-state index contributed by atoms with van der Waals surface area (Å²) >= 11 is 0. The van der Waals surface area contributed by atoms with Crippen LogP contribution in [0.15, 0.2) is 41.5 Å². The lowest BCUT2D eigenvalue weighted by molar-refractivity contribution is 0.0954. The molecule has 0 atom stereocenters. The molecule has 4 heteroatoms. The number of benzene rings is 2. The molecule has 0 aromatic heterocycles. The maximum absolute atomic E-state index is 12.3. The maximum Gasteiger partial charge on any atom is 0.275 e. The summed E-state index contributed by atoms with van der Waals surface area (Å²) in [5.41, 5.74) is 2.83. The molecule has 0 saturated heterocycles. The Labute approximate surface area is 129 Å². The van der Waals surface area contributed by atoms with Crippen LogP contribution in [-0.4, -0.2) is 17.2 Å². The van der Waals surface area contributed by atoms with Crippen LogP contribution in [0.1, 0.15) is 42.5 Å². The highest BCUT2D eigenvalue weighted by molar-refractivity contribution is 6.09. The SMILES string of the molecule is O=C(N/N=C/C1CCCCC1)c1c(O)ccc2ccccc12. The number of carbonyl (C=O) groups is 1. The van der Waals surface area contributed by atoms with Crippen molar-refractivity contribution in [3.05, 3.63) is 42.0 Å². The third-order valence-electron chi connectivity index (χ3n) is 4.24. The van der Waals surface area contributed by atoms with Gasteiger partial charge in [0.2, 0.25) is 0 Å². The molecule has 0 spiro atoms. The molecule has 1 aliphatic rings. The summed E-state index contributed by atoms with van der Waals surface area (Å²) in [6.07, 6.45) is 7.86. The van der Waals surface area contributed by atoms with Crippen molar-refractivity contribution in [3.63, 3.8) is 0 Å². The Hall–Kier alpha value is -2.36. The fourth-order valence-electron chi connectivity index (χ4n) is 3.04. The first-order valence-corrected chi connectivity index (χ1v) is 7.80. The molecular formula is C18H20N2O2. The quantitative estimate of drug-likeness (QED) is 0.667. The average Bonchev–Trinajstić information content (AvgIpc) is 2.55. The molecule has 1 amide bonds. The number of hydrazone groups is 1. The molecule has 2 N–H and O–H groups in total. The zero-order valence-electron chi connectivity index (χ0n) is 12.5. The van der Waals surface area contributed by atoms with E-state index in [1.54, 1.807) is 12.1 Å². The van der Waals surface area contributed by atoms with Crippen molar-refractivity contribution in [1.29, 1.82) is 0 Å². The van der Waals surface area contributed by atoms with E-state index in [0.717, 1.165) is 23.6 Å². The predicted molar refractivity (Wildman–Crippen MR) is 88.1 cm³/mol. The maximum atomic E-state index is 12.3. The Morgan fingerprint density at radius 1 is 1.14 bits per heavy atom. The van der Waals surface area contributed by atoms with Gasteiger partial charge in [0.15, 0.2) is 0 Å². The van der Waals surface area contributed by atoms with Crippen LogP contribution >= 0.6 is 0 Å². The minimum atomic E-state index is -0.374. The largest absolute Gasteiger partial charge is 0.507 e. The first kappa shape index (κ1) is 14.6. The van der Waals surface area contributed by atoms with Crippen LogP contribution in [0, 0.1) is 5.92 Å². The van der Waals surface area contributed by atoms with E-state index in [0.29, 0.717) is 5.92 Å². The van der Waals surface area contributed by atoms with Crippen molar-refractivity contribution in [2.75, 3.05) is 0 Å². The minimum Gasteiger partial charge on any atom is -0.507 e. The molecule has 0 bridgehead atoms. The third kappa shape index (κ3) is 3.11.